The Morgan fingerprint density at radius 1 is 1.83 bits per heavy atom. The Morgan fingerprint density at radius 3 is 2.83 bits per heavy atom. The van der Waals surface area contributed by atoms with E-state index in [1.165, 1.54) is 6.20 Å². The summed E-state index contributed by atoms with van der Waals surface area (Å²) in [6, 6.07) is 0. The topological polar surface area (TPSA) is 32.7 Å². The van der Waals surface area contributed by atoms with Crippen molar-refractivity contribution in [2.45, 2.75) is 0 Å². The smallest absolute Gasteiger partial charge is 0.0975 e. The van der Waals surface area contributed by atoms with E-state index in [9.17, 15) is 0 Å². The Labute approximate surface area is 35.3 Å². The van der Waals surface area contributed by atoms with Crippen molar-refractivity contribution in [2.24, 2.45) is 0 Å². The maximum atomic E-state index is 8.25. The zero-order valence-electron chi connectivity index (χ0n) is 3.16. The molecule has 0 saturated carbocycles. The summed E-state index contributed by atoms with van der Waals surface area (Å²) in [5, 5.41) is 8.93. The van der Waals surface area contributed by atoms with Crippen LogP contribution in [-0.4, -0.2) is 17.0 Å². The van der Waals surface area contributed by atoms with Gasteiger partial charge in [0, 0.05) is 0 Å². The second-order valence-electron chi connectivity index (χ2n) is 0.983. The van der Waals surface area contributed by atoms with E-state index < -0.39 is 0 Å². The highest BCUT2D eigenvalue weighted by molar-refractivity contribution is 4.79. The summed E-state index contributed by atoms with van der Waals surface area (Å²) in [6.07, 6.45) is 3.15. The predicted molar refractivity (Wildman–Crippen MR) is 18.7 cm³/mol. The van der Waals surface area contributed by atoms with Gasteiger partial charge in [0.1, 0.15) is 0 Å². The molecular weight excluding hydrogens is 82.0 g/mol. The van der Waals surface area contributed by atoms with Gasteiger partial charge < -0.3 is 0 Å². The largest absolute Gasteiger partial charge is 0.264 e. The highest BCUT2D eigenvalue weighted by atomic mass is 16.9. The van der Waals surface area contributed by atoms with Crippen LogP contribution in [0.15, 0.2) is 12.3 Å². The SMILES string of the molecule is ON1C=CCO1. The minimum Gasteiger partial charge on any atom is -0.264 e. The first-order valence-electron chi connectivity index (χ1n) is 1.67. The van der Waals surface area contributed by atoms with Crippen molar-refractivity contribution in [3.05, 3.63) is 12.3 Å². The van der Waals surface area contributed by atoms with Crippen LogP contribution in [0.2, 0.25) is 0 Å². The molecule has 0 fully saturated rings. The molecular formula is C3H5NO2. The van der Waals surface area contributed by atoms with E-state index in [-0.39, 0.29) is 0 Å². The number of rotatable bonds is 0. The van der Waals surface area contributed by atoms with Crippen molar-refractivity contribution in [2.75, 3.05) is 6.61 Å². The molecule has 0 aromatic rings. The van der Waals surface area contributed by atoms with Crippen molar-refractivity contribution < 1.29 is 10.0 Å². The van der Waals surface area contributed by atoms with Crippen LogP contribution in [0.1, 0.15) is 0 Å². The van der Waals surface area contributed by atoms with Gasteiger partial charge in [0.15, 0.2) is 0 Å². The molecule has 0 aromatic heterocycles. The zero-order valence-corrected chi connectivity index (χ0v) is 3.16. The molecule has 6 heavy (non-hydrogen) atoms. The minimum atomic E-state index is 0.483. The van der Waals surface area contributed by atoms with E-state index in [1.54, 1.807) is 6.08 Å². The second kappa shape index (κ2) is 1.28. The second-order valence-corrected chi connectivity index (χ2v) is 0.983. The van der Waals surface area contributed by atoms with E-state index >= 15 is 0 Å². The van der Waals surface area contributed by atoms with Gasteiger partial charge in [0.2, 0.25) is 0 Å². The molecule has 0 saturated heterocycles. The van der Waals surface area contributed by atoms with Crippen LogP contribution in [0.3, 0.4) is 0 Å². The lowest BCUT2D eigenvalue weighted by Crippen LogP contribution is -2.04. The molecule has 0 atom stereocenters. The average molecular weight is 87.1 g/mol. The van der Waals surface area contributed by atoms with E-state index in [4.69, 9.17) is 5.21 Å². The third-order valence-electron chi connectivity index (χ3n) is 0.536. The van der Waals surface area contributed by atoms with E-state index in [2.05, 4.69) is 4.84 Å². The van der Waals surface area contributed by atoms with Crippen molar-refractivity contribution in [3.63, 3.8) is 0 Å². The van der Waals surface area contributed by atoms with Gasteiger partial charge in [-0.15, -0.1) is 5.23 Å². The normalized spacial score (nSPS) is 19.8. The van der Waals surface area contributed by atoms with Crippen molar-refractivity contribution in [1.29, 1.82) is 0 Å². The van der Waals surface area contributed by atoms with Crippen LogP contribution in [0.25, 0.3) is 0 Å². The predicted octanol–water partition coefficient (Wildman–Crippen LogP) is 0.137. The molecule has 0 bridgehead atoms. The highest BCUT2D eigenvalue weighted by Crippen LogP contribution is 1.93. The molecule has 0 radical (unpaired) electrons. The van der Waals surface area contributed by atoms with E-state index in [0.717, 1.165) is 0 Å². The molecule has 0 spiro atoms. The van der Waals surface area contributed by atoms with Gasteiger partial charge in [-0.3, -0.25) is 5.21 Å². The van der Waals surface area contributed by atoms with E-state index in [1.807, 2.05) is 0 Å². The van der Waals surface area contributed by atoms with Crippen LogP contribution < -0.4 is 0 Å². The summed E-state index contributed by atoms with van der Waals surface area (Å²) in [4.78, 5) is 4.43. The number of hydroxylamine groups is 2. The number of nitrogens with zero attached hydrogens (tertiary/aromatic N) is 1. The van der Waals surface area contributed by atoms with E-state index in [0.29, 0.717) is 11.8 Å². The number of hydrogen-bond donors (Lipinski definition) is 1. The van der Waals surface area contributed by atoms with Crippen molar-refractivity contribution in [3.8, 4) is 0 Å². The standard InChI is InChI=1S/C3H5NO2/c5-4-2-1-3-6-4/h1-2,5H,3H2. The molecule has 0 aliphatic carbocycles. The molecule has 1 heterocycles. The fourth-order valence-corrected chi connectivity index (χ4v) is 0.296. The average Bonchev–Trinajstić information content (AvgIpc) is 1.86. The lowest BCUT2D eigenvalue weighted by molar-refractivity contribution is -0.287. The van der Waals surface area contributed by atoms with Gasteiger partial charge in [-0.05, 0) is 6.08 Å². The third-order valence-corrected chi connectivity index (χ3v) is 0.536. The maximum absolute atomic E-state index is 8.25. The monoisotopic (exact) mass is 87.0 g/mol. The fraction of sp³-hybridized carbons (Fsp3) is 0.333. The van der Waals surface area contributed by atoms with Crippen LogP contribution in [-0.2, 0) is 4.84 Å². The van der Waals surface area contributed by atoms with Gasteiger partial charge in [-0.1, -0.05) is 0 Å². The Hall–Kier alpha value is -0.540. The van der Waals surface area contributed by atoms with Gasteiger partial charge in [0.25, 0.3) is 0 Å². The molecule has 0 aromatic carbocycles. The Morgan fingerprint density at radius 2 is 2.67 bits per heavy atom. The Kier molecular flexibility index (Phi) is 0.777. The minimum absolute atomic E-state index is 0.483. The summed E-state index contributed by atoms with van der Waals surface area (Å²) in [5.74, 6) is 0. The lowest BCUT2D eigenvalue weighted by Gasteiger charge is -1.99. The van der Waals surface area contributed by atoms with Gasteiger partial charge >= 0.3 is 0 Å². The summed E-state index contributed by atoms with van der Waals surface area (Å²) < 4.78 is 0. The van der Waals surface area contributed by atoms with Gasteiger partial charge in [-0.25, -0.2) is 4.84 Å². The summed E-state index contributed by atoms with van der Waals surface area (Å²) in [7, 11) is 0. The zero-order chi connectivity index (χ0) is 4.41. The van der Waals surface area contributed by atoms with Gasteiger partial charge in [0.05, 0.1) is 12.8 Å². The molecule has 3 nitrogen and oxygen atoms in total. The molecule has 34 valence electrons. The van der Waals surface area contributed by atoms with Crippen LogP contribution in [0, 0.1) is 0 Å². The molecule has 1 rings (SSSR count). The summed E-state index contributed by atoms with van der Waals surface area (Å²) in [6.45, 7) is 0.483. The lowest BCUT2D eigenvalue weighted by atomic mass is 10.7. The summed E-state index contributed by atoms with van der Waals surface area (Å²) in [5.41, 5.74) is 0. The highest BCUT2D eigenvalue weighted by Gasteiger charge is 1.95. The van der Waals surface area contributed by atoms with Crippen molar-refractivity contribution >= 4 is 0 Å². The molecule has 1 aliphatic rings. The van der Waals surface area contributed by atoms with Crippen LogP contribution in [0.5, 0.6) is 0 Å². The van der Waals surface area contributed by atoms with Gasteiger partial charge in [-0.2, -0.15) is 0 Å². The third kappa shape index (κ3) is 0.502. The molecule has 0 amide bonds. The number of hydrogen-bond acceptors (Lipinski definition) is 3. The first-order chi connectivity index (χ1) is 2.89. The maximum Gasteiger partial charge on any atom is 0.0975 e. The first kappa shape index (κ1) is 3.64. The summed E-state index contributed by atoms with van der Waals surface area (Å²) >= 11 is 0. The fourth-order valence-electron chi connectivity index (χ4n) is 0.296. The molecule has 3 heteroatoms. The quantitative estimate of drug-likeness (QED) is 0.456. The van der Waals surface area contributed by atoms with Crippen molar-refractivity contribution in [1.82, 2.24) is 5.23 Å². The Balaban J connectivity index is 2.38. The molecule has 1 N–H and O–H groups in total. The van der Waals surface area contributed by atoms with Crippen LogP contribution in [0.4, 0.5) is 0 Å². The van der Waals surface area contributed by atoms with Crippen LogP contribution >= 0.6 is 0 Å². The molecule has 1 aliphatic heterocycles. The first-order valence-corrected chi connectivity index (χ1v) is 1.67. The molecule has 0 unspecified atom stereocenters. The Bertz CT molecular complexity index is 71.2.